The van der Waals surface area contributed by atoms with Crippen molar-refractivity contribution < 1.29 is 8.42 Å². The molecular formula is C38H71NO2S. The first-order valence-electron chi connectivity index (χ1n) is 18.6. The Labute approximate surface area is 263 Å². The average Bonchev–Trinajstić information content (AvgIpc) is 2.96. The molecule has 0 aliphatic rings. The number of hydrogen-bond donors (Lipinski definition) is 1. The molecule has 0 saturated carbocycles. The van der Waals surface area contributed by atoms with Crippen LogP contribution in [0.2, 0.25) is 0 Å². The SMILES string of the molecule is CCCCCCCCc1cc(S(N)(=O)=O)c(CCCCCCCC)c(CCCCCCCC)c1CCCCCCCC. The molecule has 246 valence electrons. The van der Waals surface area contributed by atoms with Gasteiger partial charge in [0.25, 0.3) is 0 Å². The molecule has 0 spiro atoms. The smallest absolute Gasteiger partial charge is 0.225 e. The van der Waals surface area contributed by atoms with Gasteiger partial charge in [-0.3, -0.25) is 0 Å². The Morgan fingerprint density at radius 1 is 0.429 bits per heavy atom. The number of rotatable bonds is 29. The van der Waals surface area contributed by atoms with Gasteiger partial charge in [0.1, 0.15) is 0 Å². The zero-order chi connectivity index (χ0) is 30.9. The van der Waals surface area contributed by atoms with E-state index in [0.717, 1.165) is 50.5 Å². The van der Waals surface area contributed by atoms with Crippen molar-refractivity contribution in [2.45, 2.75) is 212 Å². The Bertz CT molecular complexity index is 893. The highest BCUT2D eigenvalue weighted by Crippen LogP contribution is 2.32. The Morgan fingerprint density at radius 3 is 1.12 bits per heavy atom. The predicted octanol–water partition coefficient (Wildman–Crippen LogP) is 11.9. The molecule has 1 rings (SSSR count). The van der Waals surface area contributed by atoms with E-state index in [1.54, 1.807) is 0 Å². The molecule has 0 aliphatic heterocycles. The second kappa shape index (κ2) is 25.5. The monoisotopic (exact) mass is 606 g/mol. The molecule has 4 heteroatoms. The summed E-state index contributed by atoms with van der Waals surface area (Å²) in [5.41, 5.74) is 5.24. The van der Waals surface area contributed by atoms with Crippen LogP contribution in [0.25, 0.3) is 0 Å². The van der Waals surface area contributed by atoms with Crippen LogP contribution in [0.5, 0.6) is 0 Å². The van der Waals surface area contributed by atoms with Gasteiger partial charge in [0.15, 0.2) is 0 Å². The van der Waals surface area contributed by atoms with E-state index in [0.29, 0.717) is 4.90 Å². The van der Waals surface area contributed by atoms with E-state index in [1.807, 2.05) is 6.07 Å². The first-order valence-corrected chi connectivity index (χ1v) is 20.1. The van der Waals surface area contributed by atoms with Crippen LogP contribution in [0, 0.1) is 0 Å². The maximum atomic E-state index is 13.1. The molecule has 0 amide bonds. The fraction of sp³-hybridized carbons (Fsp3) is 0.842. The average molecular weight is 606 g/mol. The zero-order valence-electron chi connectivity index (χ0n) is 28.7. The maximum Gasteiger partial charge on any atom is 0.238 e. The van der Waals surface area contributed by atoms with Gasteiger partial charge >= 0.3 is 0 Å². The molecule has 1 aromatic rings. The summed E-state index contributed by atoms with van der Waals surface area (Å²) in [6, 6.07) is 2.03. The van der Waals surface area contributed by atoms with Crippen molar-refractivity contribution in [3.05, 3.63) is 28.3 Å². The predicted molar refractivity (Wildman–Crippen MR) is 186 cm³/mol. The van der Waals surface area contributed by atoms with E-state index in [-0.39, 0.29) is 0 Å². The van der Waals surface area contributed by atoms with Gasteiger partial charge in [-0.1, -0.05) is 156 Å². The molecule has 0 heterocycles. The van der Waals surface area contributed by atoms with Gasteiger partial charge in [-0.15, -0.1) is 0 Å². The van der Waals surface area contributed by atoms with Crippen LogP contribution < -0.4 is 5.14 Å². The fourth-order valence-electron chi connectivity index (χ4n) is 6.56. The van der Waals surface area contributed by atoms with Crippen LogP contribution in [0.15, 0.2) is 11.0 Å². The number of hydrogen-bond acceptors (Lipinski definition) is 2. The summed E-state index contributed by atoms with van der Waals surface area (Å²) >= 11 is 0. The number of nitrogens with two attached hydrogens (primary N) is 1. The van der Waals surface area contributed by atoms with Gasteiger partial charge in [-0.05, 0) is 79.7 Å². The minimum Gasteiger partial charge on any atom is -0.225 e. The van der Waals surface area contributed by atoms with E-state index in [4.69, 9.17) is 5.14 Å². The lowest BCUT2D eigenvalue weighted by Gasteiger charge is -2.23. The lowest BCUT2D eigenvalue weighted by Crippen LogP contribution is -2.19. The molecule has 0 radical (unpaired) electrons. The maximum absolute atomic E-state index is 13.1. The lowest BCUT2D eigenvalue weighted by molar-refractivity contribution is 0.580. The van der Waals surface area contributed by atoms with Gasteiger partial charge < -0.3 is 0 Å². The Morgan fingerprint density at radius 2 is 0.738 bits per heavy atom. The van der Waals surface area contributed by atoms with Crippen molar-refractivity contribution in [3.63, 3.8) is 0 Å². The van der Waals surface area contributed by atoms with Gasteiger partial charge in [-0.25, -0.2) is 13.6 Å². The number of primary sulfonamides is 1. The van der Waals surface area contributed by atoms with Gasteiger partial charge in [0, 0.05) is 0 Å². The van der Waals surface area contributed by atoms with Crippen molar-refractivity contribution in [2.75, 3.05) is 0 Å². The van der Waals surface area contributed by atoms with Crippen molar-refractivity contribution in [2.24, 2.45) is 5.14 Å². The Kier molecular flexibility index (Phi) is 23.7. The van der Waals surface area contributed by atoms with Gasteiger partial charge in [0.2, 0.25) is 10.0 Å². The minimum absolute atomic E-state index is 0.449. The third-order valence-electron chi connectivity index (χ3n) is 9.17. The standard InChI is InChI=1S/C38H71NO2S/c1-5-9-13-17-21-25-29-34-33-38(42(39,40)41)37(32-28-24-20-16-12-8-4)36(31-27-23-19-15-11-7-3)35(34)30-26-22-18-14-10-6-2/h33H,5-32H2,1-4H3,(H2,39,40,41). The lowest BCUT2D eigenvalue weighted by atomic mass is 9.85. The summed E-state index contributed by atoms with van der Waals surface area (Å²) in [6.07, 6.45) is 34.1. The van der Waals surface area contributed by atoms with Crippen molar-refractivity contribution in [3.8, 4) is 0 Å². The molecule has 42 heavy (non-hydrogen) atoms. The third-order valence-corrected chi connectivity index (χ3v) is 10.1. The molecule has 0 bridgehead atoms. The highest BCUT2D eigenvalue weighted by Gasteiger charge is 2.23. The molecular weight excluding hydrogens is 534 g/mol. The van der Waals surface area contributed by atoms with E-state index in [2.05, 4.69) is 27.7 Å². The number of unbranched alkanes of at least 4 members (excludes halogenated alkanes) is 20. The van der Waals surface area contributed by atoms with Crippen LogP contribution in [-0.4, -0.2) is 8.42 Å². The fourth-order valence-corrected chi connectivity index (χ4v) is 7.44. The number of sulfonamides is 1. The van der Waals surface area contributed by atoms with Crippen LogP contribution in [0.4, 0.5) is 0 Å². The highest BCUT2D eigenvalue weighted by molar-refractivity contribution is 7.89. The van der Waals surface area contributed by atoms with Crippen LogP contribution in [0.1, 0.15) is 204 Å². The molecule has 0 aromatic heterocycles. The Balaban J connectivity index is 3.33. The number of aryl methyl sites for hydroxylation is 1. The molecule has 0 atom stereocenters. The first-order chi connectivity index (χ1) is 20.4. The first kappa shape index (κ1) is 39.2. The quantitative estimate of drug-likeness (QED) is 0.0923. The molecule has 0 aliphatic carbocycles. The number of benzene rings is 1. The third kappa shape index (κ3) is 17.4. The van der Waals surface area contributed by atoms with Gasteiger partial charge in [0.05, 0.1) is 4.90 Å². The second-order valence-corrected chi connectivity index (χ2v) is 14.6. The molecule has 2 N–H and O–H groups in total. The van der Waals surface area contributed by atoms with E-state index < -0.39 is 10.0 Å². The molecule has 3 nitrogen and oxygen atoms in total. The summed E-state index contributed by atoms with van der Waals surface area (Å²) in [4.78, 5) is 0.449. The normalized spacial score (nSPS) is 11.9. The Hall–Kier alpha value is -0.870. The summed E-state index contributed by atoms with van der Waals surface area (Å²) in [6.45, 7) is 9.07. The molecule has 0 fully saturated rings. The van der Waals surface area contributed by atoms with E-state index >= 15 is 0 Å². The second-order valence-electron chi connectivity index (χ2n) is 13.1. The van der Waals surface area contributed by atoms with Crippen molar-refractivity contribution >= 4 is 10.0 Å². The van der Waals surface area contributed by atoms with E-state index in [9.17, 15) is 8.42 Å². The van der Waals surface area contributed by atoms with Crippen molar-refractivity contribution in [1.29, 1.82) is 0 Å². The minimum atomic E-state index is -3.77. The molecule has 1 aromatic carbocycles. The van der Waals surface area contributed by atoms with Crippen molar-refractivity contribution in [1.82, 2.24) is 0 Å². The molecule has 0 saturated heterocycles. The van der Waals surface area contributed by atoms with Crippen LogP contribution >= 0.6 is 0 Å². The summed E-state index contributed by atoms with van der Waals surface area (Å²) in [7, 11) is -3.77. The zero-order valence-corrected chi connectivity index (χ0v) is 29.5. The highest BCUT2D eigenvalue weighted by atomic mass is 32.2. The summed E-state index contributed by atoms with van der Waals surface area (Å²) in [5, 5.41) is 5.98. The van der Waals surface area contributed by atoms with Crippen LogP contribution in [-0.2, 0) is 35.7 Å². The topological polar surface area (TPSA) is 60.2 Å². The van der Waals surface area contributed by atoms with E-state index in [1.165, 1.54) is 152 Å². The summed E-state index contributed by atoms with van der Waals surface area (Å²) < 4.78 is 26.2. The summed E-state index contributed by atoms with van der Waals surface area (Å²) in [5.74, 6) is 0. The van der Waals surface area contributed by atoms with Crippen LogP contribution in [0.3, 0.4) is 0 Å². The molecule has 0 unspecified atom stereocenters. The van der Waals surface area contributed by atoms with Gasteiger partial charge in [-0.2, -0.15) is 0 Å². The largest absolute Gasteiger partial charge is 0.238 e.